The molecule has 1 aromatic carbocycles. The predicted octanol–water partition coefficient (Wildman–Crippen LogP) is 4.18. The highest BCUT2D eigenvalue weighted by molar-refractivity contribution is 5.14. The molecule has 0 unspecified atom stereocenters. The van der Waals surface area contributed by atoms with Crippen LogP contribution >= 0.6 is 0 Å². The molecule has 0 nitrogen and oxygen atoms in total. The molecular weight excluding hydrogens is 168 g/mol. The van der Waals surface area contributed by atoms with Gasteiger partial charge in [0.25, 0.3) is 0 Å². The number of benzene rings is 1. The number of unbranched alkanes of at least 4 members (excludes halogenated alkanes) is 2. The summed E-state index contributed by atoms with van der Waals surface area (Å²) < 4.78 is 0. The van der Waals surface area contributed by atoms with E-state index in [-0.39, 0.29) is 0 Å². The van der Waals surface area contributed by atoms with Crippen LogP contribution < -0.4 is 0 Å². The monoisotopic (exact) mass is 187 g/mol. The van der Waals surface area contributed by atoms with Crippen LogP contribution in [0.2, 0.25) is 0 Å². The summed E-state index contributed by atoms with van der Waals surface area (Å²) in [6.45, 7) is 3.76. The normalized spacial score (nSPS) is 10.9. The zero-order valence-corrected chi connectivity index (χ0v) is 8.78. The van der Waals surface area contributed by atoms with Gasteiger partial charge in [0.05, 0.1) is 0 Å². The molecule has 0 spiro atoms. The van der Waals surface area contributed by atoms with Gasteiger partial charge in [-0.15, -0.1) is 0 Å². The second kappa shape index (κ2) is 7.37. The Labute approximate surface area is 87.7 Å². The third-order valence-electron chi connectivity index (χ3n) is 2.26. The van der Waals surface area contributed by atoms with Gasteiger partial charge in [-0.25, -0.2) is 0 Å². The zero-order chi connectivity index (χ0) is 10.1. The molecular formula is C14H19. The van der Waals surface area contributed by atoms with Crippen molar-refractivity contribution < 1.29 is 0 Å². The van der Waals surface area contributed by atoms with Crippen LogP contribution in [0, 0.1) is 6.92 Å². The molecule has 1 aromatic rings. The van der Waals surface area contributed by atoms with E-state index >= 15 is 0 Å². The van der Waals surface area contributed by atoms with Crippen molar-refractivity contribution in [2.24, 2.45) is 0 Å². The van der Waals surface area contributed by atoms with E-state index in [1.165, 1.54) is 31.2 Å². The summed E-state index contributed by atoms with van der Waals surface area (Å²) in [4.78, 5) is 0. The third kappa shape index (κ3) is 4.86. The van der Waals surface area contributed by atoms with Crippen molar-refractivity contribution in [1.29, 1.82) is 0 Å². The molecule has 0 heterocycles. The second-order valence-corrected chi connectivity index (χ2v) is 3.49. The molecule has 0 aliphatic rings. The number of aryl methyl sites for hydroxylation is 1. The highest BCUT2D eigenvalue weighted by Gasteiger charge is 1.90. The van der Waals surface area contributed by atoms with Crippen LogP contribution in [-0.4, -0.2) is 0 Å². The van der Waals surface area contributed by atoms with E-state index in [1.54, 1.807) is 0 Å². The van der Waals surface area contributed by atoms with Crippen LogP contribution in [0.25, 0.3) is 0 Å². The maximum absolute atomic E-state index is 3.76. The van der Waals surface area contributed by atoms with E-state index in [0.717, 1.165) is 6.42 Å². The Morgan fingerprint density at radius 3 is 2.50 bits per heavy atom. The van der Waals surface area contributed by atoms with Crippen molar-refractivity contribution in [2.75, 3.05) is 0 Å². The van der Waals surface area contributed by atoms with E-state index in [1.807, 2.05) is 0 Å². The molecule has 0 aromatic heterocycles. The highest BCUT2D eigenvalue weighted by Crippen LogP contribution is 2.06. The van der Waals surface area contributed by atoms with E-state index in [4.69, 9.17) is 0 Å². The van der Waals surface area contributed by atoms with Gasteiger partial charge in [0.2, 0.25) is 0 Å². The van der Waals surface area contributed by atoms with Crippen molar-refractivity contribution in [3.8, 4) is 0 Å². The molecule has 75 valence electrons. The molecule has 0 bridgehead atoms. The Morgan fingerprint density at radius 1 is 1.00 bits per heavy atom. The van der Waals surface area contributed by atoms with Crippen LogP contribution in [0.3, 0.4) is 0 Å². The Kier molecular flexibility index (Phi) is 5.81. The Balaban J connectivity index is 2.07. The number of hydrogen-bond acceptors (Lipinski definition) is 0. The molecule has 0 saturated carbocycles. The predicted molar refractivity (Wildman–Crippen MR) is 63.1 cm³/mol. The standard InChI is InChI=1S/C14H19/c1-2-3-4-5-6-8-11-14-12-9-7-10-13-14/h3-4,7,9-10,12-13H,1-2,5-6,8,11H2. The molecule has 0 aliphatic carbocycles. The van der Waals surface area contributed by atoms with Gasteiger partial charge in [0.15, 0.2) is 0 Å². The fraction of sp³-hybridized carbons (Fsp3) is 0.357. The van der Waals surface area contributed by atoms with Crippen LogP contribution in [0.15, 0.2) is 42.5 Å². The van der Waals surface area contributed by atoms with Crippen molar-refractivity contribution in [1.82, 2.24) is 0 Å². The van der Waals surface area contributed by atoms with Crippen LogP contribution in [0.5, 0.6) is 0 Å². The zero-order valence-electron chi connectivity index (χ0n) is 8.78. The first-order valence-corrected chi connectivity index (χ1v) is 5.41. The van der Waals surface area contributed by atoms with E-state index in [9.17, 15) is 0 Å². The van der Waals surface area contributed by atoms with Crippen molar-refractivity contribution in [3.63, 3.8) is 0 Å². The maximum Gasteiger partial charge on any atom is -0.0279 e. The SMILES string of the molecule is [CH2]CC=CCCCCc1ccccc1. The Hall–Kier alpha value is -1.04. The first-order chi connectivity index (χ1) is 6.93. The van der Waals surface area contributed by atoms with E-state index in [2.05, 4.69) is 49.4 Å². The van der Waals surface area contributed by atoms with E-state index < -0.39 is 0 Å². The largest absolute Gasteiger partial charge is 0.0885 e. The lowest BCUT2D eigenvalue weighted by atomic mass is 10.1. The minimum absolute atomic E-state index is 0.915. The van der Waals surface area contributed by atoms with Gasteiger partial charge >= 0.3 is 0 Å². The van der Waals surface area contributed by atoms with Crippen LogP contribution in [-0.2, 0) is 6.42 Å². The highest BCUT2D eigenvalue weighted by atomic mass is 14.0. The smallest absolute Gasteiger partial charge is 0.0279 e. The number of allylic oxidation sites excluding steroid dienone is 2. The fourth-order valence-electron chi connectivity index (χ4n) is 1.47. The topological polar surface area (TPSA) is 0 Å². The second-order valence-electron chi connectivity index (χ2n) is 3.49. The van der Waals surface area contributed by atoms with Crippen LogP contribution in [0.1, 0.15) is 31.2 Å². The minimum Gasteiger partial charge on any atom is -0.0885 e. The molecule has 1 rings (SSSR count). The first kappa shape index (κ1) is 11.0. The van der Waals surface area contributed by atoms with Gasteiger partial charge < -0.3 is 0 Å². The average molecular weight is 187 g/mol. The van der Waals surface area contributed by atoms with Gasteiger partial charge in [-0.05, 0) is 44.6 Å². The summed E-state index contributed by atoms with van der Waals surface area (Å²) in [6, 6.07) is 10.7. The molecule has 14 heavy (non-hydrogen) atoms. The van der Waals surface area contributed by atoms with Gasteiger partial charge in [-0.2, -0.15) is 0 Å². The number of rotatable bonds is 6. The number of hydrogen-bond donors (Lipinski definition) is 0. The Bertz CT molecular complexity index is 246. The summed E-state index contributed by atoms with van der Waals surface area (Å²) in [5.41, 5.74) is 1.45. The Morgan fingerprint density at radius 2 is 1.79 bits per heavy atom. The maximum atomic E-state index is 3.76. The lowest BCUT2D eigenvalue weighted by Gasteiger charge is -1.99. The van der Waals surface area contributed by atoms with Gasteiger partial charge in [0, 0.05) is 0 Å². The molecule has 0 saturated heterocycles. The lowest BCUT2D eigenvalue weighted by molar-refractivity contribution is 0.747. The summed E-state index contributed by atoms with van der Waals surface area (Å²) in [5.74, 6) is 0. The first-order valence-electron chi connectivity index (χ1n) is 5.41. The molecule has 1 radical (unpaired) electrons. The molecule has 0 heteroatoms. The fourth-order valence-corrected chi connectivity index (χ4v) is 1.47. The van der Waals surface area contributed by atoms with Gasteiger partial charge in [-0.1, -0.05) is 42.5 Å². The van der Waals surface area contributed by atoms with Crippen molar-refractivity contribution in [3.05, 3.63) is 55.0 Å². The summed E-state index contributed by atoms with van der Waals surface area (Å²) in [7, 11) is 0. The molecule has 0 atom stereocenters. The summed E-state index contributed by atoms with van der Waals surface area (Å²) >= 11 is 0. The summed E-state index contributed by atoms with van der Waals surface area (Å²) in [5, 5.41) is 0. The van der Waals surface area contributed by atoms with E-state index in [0.29, 0.717) is 0 Å². The molecule has 0 fully saturated rings. The molecule has 0 aliphatic heterocycles. The molecule has 0 amide bonds. The minimum atomic E-state index is 0.915. The van der Waals surface area contributed by atoms with Gasteiger partial charge in [-0.3, -0.25) is 0 Å². The van der Waals surface area contributed by atoms with Gasteiger partial charge in [0.1, 0.15) is 0 Å². The lowest BCUT2D eigenvalue weighted by Crippen LogP contribution is -1.83. The van der Waals surface area contributed by atoms with Crippen LogP contribution in [0.4, 0.5) is 0 Å². The van der Waals surface area contributed by atoms with Crippen molar-refractivity contribution in [2.45, 2.75) is 32.1 Å². The average Bonchev–Trinajstić information content (AvgIpc) is 2.25. The van der Waals surface area contributed by atoms with Crippen molar-refractivity contribution >= 4 is 0 Å². The summed E-state index contributed by atoms with van der Waals surface area (Å²) in [6.07, 6.45) is 10.3. The third-order valence-corrected chi connectivity index (χ3v) is 2.26. The molecule has 0 N–H and O–H groups in total. The quantitative estimate of drug-likeness (QED) is 0.463.